The Morgan fingerprint density at radius 3 is 2.65 bits per heavy atom. The standard InChI is InChI=1S/C18H26ClN/c1-13-8-14(2)11-18(10-13)6-7-20-12-17(18)15-4-3-5-16(19)9-15/h3-5,9,13-14,17,20H,6-8,10-12H2,1-2H3. The molecule has 1 aromatic carbocycles. The van der Waals surface area contributed by atoms with Crippen molar-refractivity contribution >= 4 is 11.6 Å². The van der Waals surface area contributed by atoms with E-state index in [9.17, 15) is 0 Å². The fraction of sp³-hybridized carbons (Fsp3) is 0.667. The van der Waals surface area contributed by atoms with Gasteiger partial charge in [-0.3, -0.25) is 0 Å². The van der Waals surface area contributed by atoms with Gasteiger partial charge in [0.05, 0.1) is 0 Å². The number of benzene rings is 1. The van der Waals surface area contributed by atoms with Crippen molar-refractivity contribution in [2.24, 2.45) is 17.3 Å². The monoisotopic (exact) mass is 291 g/mol. The number of piperidine rings is 1. The molecule has 0 amide bonds. The molecule has 0 radical (unpaired) electrons. The SMILES string of the molecule is CC1CC(C)CC2(CCNCC2c2cccc(Cl)c2)C1. The van der Waals surface area contributed by atoms with E-state index in [1.807, 2.05) is 6.07 Å². The first kappa shape index (κ1) is 14.4. The molecule has 2 aliphatic rings. The quantitative estimate of drug-likeness (QED) is 0.779. The van der Waals surface area contributed by atoms with Gasteiger partial charge in [-0.25, -0.2) is 0 Å². The lowest BCUT2D eigenvalue weighted by atomic mass is 9.56. The topological polar surface area (TPSA) is 12.0 Å². The number of halogens is 1. The van der Waals surface area contributed by atoms with Crippen LogP contribution in [0.1, 0.15) is 51.0 Å². The molecule has 2 heteroatoms. The fourth-order valence-corrected chi connectivity index (χ4v) is 5.18. The average Bonchev–Trinajstić information content (AvgIpc) is 2.37. The van der Waals surface area contributed by atoms with Gasteiger partial charge in [-0.05, 0) is 67.2 Å². The zero-order chi connectivity index (χ0) is 14.2. The van der Waals surface area contributed by atoms with Gasteiger partial charge in [0.15, 0.2) is 0 Å². The van der Waals surface area contributed by atoms with Crippen molar-refractivity contribution in [3.63, 3.8) is 0 Å². The summed E-state index contributed by atoms with van der Waals surface area (Å²) in [6.07, 6.45) is 5.49. The first-order chi connectivity index (χ1) is 9.59. The van der Waals surface area contributed by atoms with E-state index in [2.05, 4.69) is 37.4 Å². The van der Waals surface area contributed by atoms with Crippen LogP contribution in [0.2, 0.25) is 5.02 Å². The van der Waals surface area contributed by atoms with E-state index in [4.69, 9.17) is 11.6 Å². The highest BCUT2D eigenvalue weighted by molar-refractivity contribution is 6.30. The average molecular weight is 292 g/mol. The van der Waals surface area contributed by atoms with Gasteiger partial charge < -0.3 is 5.32 Å². The van der Waals surface area contributed by atoms with Crippen LogP contribution in [0.3, 0.4) is 0 Å². The number of nitrogens with one attached hydrogen (secondary N) is 1. The zero-order valence-corrected chi connectivity index (χ0v) is 13.4. The summed E-state index contributed by atoms with van der Waals surface area (Å²) >= 11 is 6.23. The van der Waals surface area contributed by atoms with Crippen LogP contribution in [0.25, 0.3) is 0 Å². The maximum absolute atomic E-state index is 6.23. The molecule has 1 aliphatic carbocycles. The highest BCUT2D eigenvalue weighted by Crippen LogP contribution is 2.54. The molecule has 1 spiro atoms. The van der Waals surface area contributed by atoms with Crippen LogP contribution in [0.5, 0.6) is 0 Å². The van der Waals surface area contributed by atoms with E-state index in [0.717, 1.165) is 23.4 Å². The van der Waals surface area contributed by atoms with Crippen LogP contribution in [0.15, 0.2) is 24.3 Å². The summed E-state index contributed by atoms with van der Waals surface area (Å²) in [5.41, 5.74) is 1.93. The van der Waals surface area contributed by atoms with E-state index in [1.54, 1.807) is 0 Å². The molecule has 1 nitrogen and oxygen atoms in total. The van der Waals surface area contributed by atoms with E-state index >= 15 is 0 Å². The lowest BCUT2D eigenvalue weighted by Crippen LogP contribution is -2.47. The molecule has 1 aliphatic heterocycles. The van der Waals surface area contributed by atoms with Gasteiger partial charge in [-0.1, -0.05) is 37.6 Å². The van der Waals surface area contributed by atoms with Crippen molar-refractivity contribution < 1.29 is 0 Å². The molecule has 1 aromatic rings. The molecule has 1 saturated heterocycles. The smallest absolute Gasteiger partial charge is 0.0408 e. The fourth-order valence-electron chi connectivity index (χ4n) is 4.98. The Bertz CT molecular complexity index is 460. The third-order valence-electron chi connectivity index (χ3n) is 5.45. The Balaban J connectivity index is 1.94. The molecule has 20 heavy (non-hydrogen) atoms. The van der Waals surface area contributed by atoms with Crippen molar-refractivity contribution in [3.05, 3.63) is 34.9 Å². The van der Waals surface area contributed by atoms with Crippen LogP contribution in [-0.4, -0.2) is 13.1 Å². The Morgan fingerprint density at radius 2 is 1.95 bits per heavy atom. The second kappa shape index (κ2) is 5.69. The summed E-state index contributed by atoms with van der Waals surface area (Å²) in [7, 11) is 0. The summed E-state index contributed by atoms with van der Waals surface area (Å²) in [4.78, 5) is 0. The van der Waals surface area contributed by atoms with Gasteiger partial charge >= 0.3 is 0 Å². The maximum atomic E-state index is 6.23. The first-order valence-electron chi connectivity index (χ1n) is 8.05. The van der Waals surface area contributed by atoms with Crippen LogP contribution in [0, 0.1) is 17.3 Å². The number of rotatable bonds is 1. The third kappa shape index (κ3) is 2.76. The molecular weight excluding hydrogens is 266 g/mol. The molecule has 2 fully saturated rings. The number of hydrogen-bond donors (Lipinski definition) is 1. The second-order valence-corrected chi connectivity index (χ2v) is 7.71. The van der Waals surface area contributed by atoms with Crippen LogP contribution in [-0.2, 0) is 0 Å². The second-order valence-electron chi connectivity index (χ2n) is 7.28. The van der Waals surface area contributed by atoms with Crippen LogP contribution >= 0.6 is 11.6 Å². The predicted molar refractivity (Wildman–Crippen MR) is 86.3 cm³/mol. The Kier molecular flexibility index (Phi) is 4.10. The van der Waals surface area contributed by atoms with E-state index in [1.165, 1.54) is 37.8 Å². The minimum absolute atomic E-state index is 0.493. The Hall–Kier alpha value is -0.530. The summed E-state index contributed by atoms with van der Waals surface area (Å²) < 4.78 is 0. The van der Waals surface area contributed by atoms with Gasteiger partial charge in [0.1, 0.15) is 0 Å². The van der Waals surface area contributed by atoms with Gasteiger partial charge in [0, 0.05) is 17.5 Å². The molecule has 1 N–H and O–H groups in total. The highest BCUT2D eigenvalue weighted by atomic mass is 35.5. The third-order valence-corrected chi connectivity index (χ3v) is 5.69. The lowest BCUT2D eigenvalue weighted by molar-refractivity contribution is 0.0472. The molecule has 3 rings (SSSR count). The summed E-state index contributed by atoms with van der Waals surface area (Å²) in [5, 5.41) is 4.49. The molecule has 1 heterocycles. The largest absolute Gasteiger partial charge is 0.316 e. The van der Waals surface area contributed by atoms with Crippen molar-refractivity contribution in [3.8, 4) is 0 Å². The van der Waals surface area contributed by atoms with Crippen molar-refractivity contribution in [2.75, 3.05) is 13.1 Å². The van der Waals surface area contributed by atoms with Gasteiger partial charge in [0.2, 0.25) is 0 Å². The normalized spacial score (nSPS) is 38.0. The van der Waals surface area contributed by atoms with Crippen LogP contribution < -0.4 is 5.32 Å². The molecule has 1 saturated carbocycles. The first-order valence-corrected chi connectivity index (χ1v) is 8.43. The molecule has 0 aromatic heterocycles. The molecule has 0 bridgehead atoms. The summed E-state index contributed by atoms with van der Waals surface area (Å²) in [6, 6.07) is 8.55. The van der Waals surface area contributed by atoms with Crippen LogP contribution in [0.4, 0.5) is 0 Å². The van der Waals surface area contributed by atoms with Gasteiger partial charge in [-0.15, -0.1) is 0 Å². The molecular formula is C18H26ClN. The lowest BCUT2D eigenvalue weighted by Gasteiger charge is -2.51. The van der Waals surface area contributed by atoms with E-state index < -0.39 is 0 Å². The predicted octanol–water partition coefficient (Wildman–Crippen LogP) is 4.86. The van der Waals surface area contributed by atoms with Crippen molar-refractivity contribution in [1.82, 2.24) is 5.32 Å². The zero-order valence-electron chi connectivity index (χ0n) is 12.7. The molecule has 3 atom stereocenters. The van der Waals surface area contributed by atoms with E-state index in [0.29, 0.717) is 11.3 Å². The summed E-state index contributed by atoms with van der Waals surface area (Å²) in [5.74, 6) is 2.34. The summed E-state index contributed by atoms with van der Waals surface area (Å²) in [6.45, 7) is 7.17. The number of hydrogen-bond acceptors (Lipinski definition) is 1. The maximum Gasteiger partial charge on any atom is 0.0408 e. The minimum Gasteiger partial charge on any atom is -0.316 e. The minimum atomic E-state index is 0.493. The van der Waals surface area contributed by atoms with E-state index in [-0.39, 0.29) is 0 Å². The molecule has 3 unspecified atom stereocenters. The highest BCUT2D eigenvalue weighted by Gasteiger charge is 2.45. The van der Waals surface area contributed by atoms with Crippen molar-refractivity contribution in [1.29, 1.82) is 0 Å². The molecule has 110 valence electrons. The van der Waals surface area contributed by atoms with Gasteiger partial charge in [-0.2, -0.15) is 0 Å². The van der Waals surface area contributed by atoms with Crippen molar-refractivity contribution in [2.45, 2.75) is 45.4 Å². The van der Waals surface area contributed by atoms with Gasteiger partial charge in [0.25, 0.3) is 0 Å². The Morgan fingerprint density at radius 1 is 1.20 bits per heavy atom. The Labute approximate surface area is 128 Å².